The number of nitrogens with one attached hydrogen (secondary N) is 1. The quantitative estimate of drug-likeness (QED) is 0.732. The molecule has 1 heterocycles. The molecule has 0 bridgehead atoms. The molecule has 0 spiro atoms. The van der Waals surface area contributed by atoms with Gasteiger partial charge in [0, 0.05) is 19.8 Å². The van der Waals surface area contributed by atoms with Crippen LogP contribution in [0.3, 0.4) is 0 Å². The highest BCUT2D eigenvalue weighted by Gasteiger charge is 2.27. The van der Waals surface area contributed by atoms with Crippen LogP contribution in [0.2, 0.25) is 0 Å². The van der Waals surface area contributed by atoms with Crippen LogP contribution in [0.15, 0.2) is 0 Å². The minimum atomic E-state index is 0.492. The van der Waals surface area contributed by atoms with Crippen molar-refractivity contribution in [3.8, 4) is 0 Å². The third-order valence-electron chi connectivity index (χ3n) is 3.58. The molecule has 1 atom stereocenters. The van der Waals surface area contributed by atoms with Gasteiger partial charge < -0.3 is 10.1 Å². The first-order valence-corrected chi connectivity index (χ1v) is 6.42. The zero-order valence-corrected chi connectivity index (χ0v) is 10.6. The van der Waals surface area contributed by atoms with E-state index in [2.05, 4.69) is 26.2 Å². The summed E-state index contributed by atoms with van der Waals surface area (Å²) in [6, 6.07) is 0. The molecule has 0 aromatic rings. The predicted octanol–water partition coefficient (Wildman–Crippen LogP) is 2.83. The summed E-state index contributed by atoms with van der Waals surface area (Å²) in [5, 5.41) is 3.35. The van der Waals surface area contributed by atoms with Crippen LogP contribution < -0.4 is 5.32 Å². The van der Waals surface area contributed by atoms with Gasteiger partial charge in [0.1, 0.15) is 0 Å². The van der Waals surface area contributed by atoms with E-state index in [0.717, 1.165) is 25.7 Å². The Morgan fingerprint density at radius 3 is 2.53 bits per heavy atom. The molecule has 1 aliphatic rings. The second kappa shape index (κ2) is 6.49. The molecule has 0 radical (unpaired) electrons. The third-order valence-corrected chi connectivity index (χ3v) is 3.58. The Morgan fingerprint density at radius 2 is 2.00 bits per heavy atom. The maximum Gasteiger partial charge on any atom is 0.0468 e. The van der Waals surface area contributed by atoms with E-state index in [1.807, 2.05) is 0 Å². The summed E-state index contributed by atoms with van der Waals surface area (Å²) in [5.41, 5.74) is 0.492. The zero-order valence-electron chi connectivity index (χ0n) is 10.6. The molecule has 2 nitrogen and oxygen atoms in total. The number of rotatable bonds is 6. The molecule has 2 heteroatoms. The van der Waals surface area contributed by atoms with Crippen LogP contribution in [0.1, 0.15) is 46.0 Å². The van der Waals surface area contributed by atoms with Crippen molar-refractivity contribution >= 4 is 0 Å². The first-order chi connectivity index (χ1) is 7.20. The molecule has 1 saturated heterocycles. The van der Waals surface area contributed by atoms with Crippen LogP contribution in [0.25, 0.3) is 0 Å². The monoisotopic (exact) mass is 213 g/mol. The van der Waals surface area contributed by atoms with Gasteiger partial charge in [-0.25, -0.2) is 0 Å². The Morgan fingerprint density at radius 1 is 1.33 bits per heavy atom. The highest BCUT2D eigenvalue weighted by Crippen LogP contribution is 2.34. The lowest BCUT2D eigenvalue weighted by atomic mass is 9.75. The van der Waals surface area contributed by atoms with E-state index >= 15 is 0 Å². The van der Waals surface area contributed by atoms with Crippen LogP contribution in [0.5, 0.6) is 0 Å². The van der Waals surface area contributed by atoms with E-state index in [4.69, 9.17) is 4.74 Å². The summed E-state index contributed by atoms with van der Waals surface area (Å²) >= 11 is 0. The molecule has 0 aromatic carbocycles. The molecule has 0 aromatic heterocycles. The third kappa shape index (κ3) is 4.52. The Kier molecular flexibility index (Phi) is 5.62. The molecular weight excluding hydrogens is 186 g/mol. The van der Waals surface area contributed by atoms with Crippen molar-refractivity contribution < 1.29 is 4.74 Å². The fraction of sp³-hybridized carbons (Fsp3) is 1.00. The molecule has 0 aliphatic carbocycles. The van der Waals surface area contributed by atoms with Crippen molar-refractivity contribution in [2.24, 2.45) is 11.3 Å². The zero-order chi connectivity index (χ0) is 11.1. The van der Waals surface area contributed by atoms with Gasteiger partial charge in [0.05, 0.1) is 0 Å². The minimum Gasteiger partial charge on any atom is -0.381 e. The van der Waals surface area contributed by atoms with Gasteiger partial charge in [-0.2, -0.15) is 0 Å². The fourth-order valence-corrected chi connectivity index (χ4v) is 2.94. The Hall–Kier alpha value is -0.0800. The van der Waals surface area contributed by atoms with Gasteiger partial charge in [-0.05, 0) is 44.1 Å². The average Bonchev–Trinajstić information content (AvgIpc) is 2.19. The minimum absolute atomic E-state index is 0.492. The summed E-state index contributed by atoms with van der Waals surface area (Å²) < 4.78 is 5.42. The van der Waals surface area contributed by atoms with Gasteiger partial charge in [0.2, 0.25) is 0 Å². The second-order valence-electron chi connectivity index (χ2n) is 5.35. The average molecular weight is 213 g/mol. The number of ether oxygens (including phenoxy) is 1. The Bertz CT molecular complexity index is 158. The van der Waals surface area contributed by atoms with E-state index < -0.39 is 0 Å². The summed E-state index contributed by atoms with van der Waals surface area (Å²) in [4.78, 5) is 0. The molecule has 0 amide bonds. The van der Waals surface area contributed by atoms with Crippen LogP contribution in [0.4, 0.5) is 0 Å². The predicted molar refractivity (Wildman–Crippen MR) is 65.1 cm³/mol. The van der Waals surface area contributed by atoms with Crippen LogP contribution in [-0.2, 0) is 4.74 Å². The summed E-state index contributed by atoms with van der Waals surface area (Å²) in [7, 11) is 2.07. The molecule has 0 saturated carbocycles. The van der Waals surface area contributed by atoms with Crippen molar-refractivity contribution in [2.75, 3.05) is 26.8 Å². The normalized spacial score (nSPS) is 22.6. The van der Waals surface area contributed by atoms with Crippen molar-refractivity contribution in [3.05, 3.63) is 0 Å². The van der Waals surface area contributed by atoms with E-state index in [-0.39, 0.29) is 0 Å². The van der Waals surface area contributed by atoms with Gasteiger partial charge in [-0.1, -0.05) is 20.3 Å². The van der Waals surface area contributed by atoms with Crippen molar-refractivity contribution in [3.63, 3.8) is 0 Å². The van der Waals surface area contributed by atoms with Crippen LogP contribution in [-0.4, -0.2) is 26.8 Å². The van der Waals surface area contributed by atoms with E-state index in [9.17, 15) is 0 Å². The summed E-state index contributed by atoms with van der Waals surface area (Å²) in [6.45, 7) is 7.83. The van der Waals surface area contributed by atoms with Crippen LogP contribution >= 0.6 is 0 Å². The molecule has 1 aliphatic heterocycles. The first-order valence-electron chi connectivity index (χ1n) is 6.42. The lowest BCUT2D eigenvalue weighted by molar-refractivity contribution is 0.0476. The second-order valence-corrected chi connectivity index (χ2v) is 5.35. The molecule has 1 N–H and O–H groups in total. The highest BCUT2D eigenvalue weighted by atomic mass is 16.5. The SMILES string of the molecule is CCCC(C)(CNC)CC1CCOCC1. The fourth-order valence-electron chi connectivity index (χ4n) is 2.94. The van der Waals surface area contributed by atoms with E-state index in [1.54, 1.807) is 0 Å². The highest BCUT2D eigenvalue weighted by molar-refractivity contribution is 4.80. The van der Waals surface area contributed by atoms with Gasteiger partial charge >= 0.3 is 0 Å². The van der Waals surface area contributed by atoms with Gasteiger partial charge in [-0.15, -0.1) is 0 Å². The Balaban J connectivity index is 2.40. The standard InChI is InChI=1S/C13H27NO/c1-4-7-13(2,11-14-3)10-12-5-8-15-9-6-12/h12,14H,4-11H2,1-3H3. The molecule has 1 unspecified atom stereocenters. The first kappa shape index (κ1) is 13.0. The summed E-state index contributed by atoms with van der Waals surface area (Å²) in [5.74, 6) is 0.892. The molecule has 15 heavy (non-hydrogen) atoms. The molecule has 1 fully saturated rings. The lowest BCUT2D eigenvalue weighted by Crippen LogP contribution is -2.33. The van der Waals surface area contributed by atoms with Gasteiger partial charge in [-0.3, -0.25) is 0 Å². The maximum absolute atomic E-state index is 5.42. The van der Waals surface area contributed by atoms with Crippen molar-refractivity contribution in [2.45, 2.75) is 46.0 Å². The molecule has 1 rings (SSSR count). The summed E-state index contributed by atoms with van der Waals surface area (Å²) in [6.07, 6.45) is 6.53. The van der Waals surface area contributed by atoms with Gasteiger partial charge in [0.15, 0.2) is 0 Å². The van der Waals surface area contributed by atoms with Gasteiger partial charge in [0.25, 0.3) is 0 Å². The van der Waals surface area contributed by atoms with E-state index in [1.165, 1.54) is 32.1 Å². The number of hydrogen-bond acceptors (Lipinski definition) is 2. The van der Waals surface area contributed by atoms with Crippen molar-refractivity contribution in [1.82, 2.24) is 5.32 Å². The van der Waals surface area contributed by atoms with E-state index in [0.29, 0.717) is 5.41 Å². The lowest BCUT2D eigenvalue weighted by Gasteiger charge is -2.34. The Labute approximate surface area is 94.8 Å². The smallest absolute Gasteiger partial charge is 0.0468 e. The maximum atomic E-state index is 5.42. The van der Waals surface area contributed by atoms with Crippen LogP contribution in [0, 0.1) is 11.3 Å². The largest absolute Gasteiger partial charge is 0.381 e. The van der Waals surface area contributed by atoms with Crippen molar-refractivity contribution in [1.29, 1.82) is 0 Å². The topological polar surface area (TPSA) is 21.3 Å². The molecular formula is C13H27NO. The molecule has 90 valence electrons. The number of hydrogen-bond donors (Lipinski definition) is 1.